The largest absolute Gasteiger partial charge is 0.506 e. The first-order valence-electron chi connectivity index (χ1n) is 6.02. The van der Waals surface area contributed by atoms with Gasteiger partial charge in [0.15, 0.2) is 0 Å². The van der Waals surface area contributed by atoms with Crippen LogP contribution in [0.15, 0.2) is 48.5 Å². The van der Waals surface area contributed by atoms with Gasteiger partial charge in [-0.1, -0.05) is 30.3 Å². The van der Waals surface area contributed by atoms with Crippen molar-refractivity contribution >= 4 is 11.6 Å². The number of nitrogen functional groups attached to an aromatic ring is 1. The summed E-state index contributed by atoms with van der Waals surface area (Å²) in [5, 5.41) is 12.4. The SMILES string of the molecule is CC(NC(=O)c1ccc(N)c(O)c1)c1ccccc1. The van der Waals surface area contributed by atoms with Crippen LogP contribution in [-0.2, 0) is 0 Å². The van der Waals surface area contributed by atoms with E-state index in [2.05, 4.69) is 5.32 Å². The molecule has 0 fully saturated rings. The Morgan fingerprint density at radius 2 is 1.89 bits per heavy atom. The number of benzene rings is 2. The van der Waals surface area contributed by atoms with E-state index >= 15 is 0 Å². The molecule has 0 saturated carbocycles. The third kappa shape index (κ3) is 3.04. The third-order valence-electron chi connectivity index (χ3n) is 2.94. The van der Waals surface area contributed by atoms with Gasteiger partial charge in [0.2, 0.25) is 0 Å². The van der Waals surface area contributed by atoms with E-state index < -0.39 is 0 Å². The molecule has 98 valence electrons. The minimum atomic E-state index is -0.244. The van der Waals surface area contributed by atoms with Gasteiger partial charge >= 0.3 is 0 Å². The van der Waals surface area contributed by atoms with Crippen molar-refractivity contribution in [2.45, 2.75) is 13.0 Å². The maximum atomic E-state index is 12.0. The molecule has 2 rings (SSSR count). The number of phenols is 1. The van der Waals surface area contributed by atoms with Gasteiger partial charge in [-0.25, -0.2) is 0 Å². The molecule has 0 bridgehead atoms. The Hall–Kier alpha value is -2.49. The van der Waals surface area contributed by atoms with Crippen LogP contribution in [0.3, 0.4) is 0 Å². The molecule has 0 heterocycles. The van der Waals surface area contributed by atoms with Crippen molar-refractivity contribution in [3.8, 4) is 5.75 Å². The highest BCUT2D eigenvalue weighted by Crippen LogP contribution is 2.21. The minimum Gasteiger partial charge on any atom is -0.506 e. The van der Waals surface area contributed by atoms with Crippen LogP contribution in [0.2, 0.25) is 0 Å². The van der Waals surface area contributed by atoms with E-state index in [0.29, 0.717) is 5.56 Å². The van der Waals surface area contributed by atoms with Crippen molar-refractivity contribution in [1.82, 2.24) is 5.32 Å². The Balaban J connectivity index is 2.11. The summed E-state index contributed by atoms with van der Waals surface area (Å²) in [6.07, 6.45) is 0. The summed E-state index contributed by atoms with van der Waals surface area (Å²) in [6, 6.07) is 14.0. The van der Waals surface area contributed by atoms with E-state index in [0.717, 1.165) is 5.56 Å². The van der Waals surface area contributed by atoms with E-state index in [1.54, 1.807) is 6.07 Å². The van der Waals surface area contributed by atoms with Gasteiger partial charge in [0.25, 0.3) is 5.91 Å². The Bertz CT molecular complexity index is 582. The van der Waals surface area contributed by atoms with Gasteiger partial charge < -0.3 is 16.2 Å². The summed E-state index contributed by atoms with van der Waals surface area (Å²) in [6.45, 7) is 1.91. The molecule has 2 aromatic carbocycles. The lowest BCUT2D eigenvalue weighted by atomic mass is 10.1. The molecule has 0 radical (unpaired) electrons. The van der Waals surface area contributed by atoms with Crippen molar-refractivity contribution in [3.05, 3.63) is 59.7 Å². The first kappa shape index (κ1) is 13.0. The number of nitrogens with one attached hydrogen (secondary N) is 1. The molecule has 0 aliphatic carbocycles. The van der Waals surface area contributed by atoms with E-state index in [4.69, 9.17) is 5.73 Å². The number of phenolic OH excluding ortho intramolecular Hbond substituents is 1. The van der Waals surface area contributed by atoms with Crippen molar-refractivity contribution in [1.29, 1.82) is 0 Å². The van der Waals surface area contributed by atoms with Crippen molar-refractivity contribution in [2.24, 2.45) is 0 Å². The predicted octanol–water partition coefficient (Wildman–Crippen LogP) is 2.47. The normalized spacial score (nSPS) is 11.8. The average molecular weight is 256 g/mol. The lowest BCUT2D eigenvalue weighted by Crippen LogP contribution is -2.26. The van der Waals surface area contributed by atoms with Crippen LogP contribution in [0.25, 0.3) is 0 Å². The number of hydrogen-bond donors (Lipinski definition) is 3. The van der Waals surface area contributed by atoms with Crippen LogP contribution in [0.5, 0.6) is 5.75 Å². The van der Waals surface area contributed by atoms with Crippen molar-refractivity contribution in [3.63, 3.8) is 0 Å². The molecule has 1 unspecified atom stereocenters. The number of amides is 1. The molecule has 0 aromatic heterocycles. The molecule has 1 atom stereocenters. The predicted molar refractivity (Wildman–Crippen MR) is 74.8 cm³/mol. The van der Waals surface area contributed by atoms with Crippen LogP contribution in [0.4, 0.5) is 5.69 Å². The van der Waals surface area contributed by atoms with Crippen LogP contribution >= 0.6 is 0 Å². The highest BCUT2D eigenvalue weighted by atomic mass is 16.3. The van der Waals surface area contributed by atoms with Crippen LogP contribution in [-0.4, -0.2) is 11.0 Å². The summed E-state index contributed by atoms with van der Waals surface area (Å²) in [5.41, 5.74) is 7.16. The first-order valence-corrected chi connectivity index (χ1v) is 6.02. The van der Waals surface area contributed by atoms with Gasteiger partial charge in [-0.05, 0) is 30.7 Å². The molecule has 0 spiro atoms. The third-order valence-corrected chi connectivity index (χ3v) is 2.94. The fourth-order valence-corrected chi connectivity index (χ4v) is 1.79. The van der Waals surface area contributed by atoms with Gasteiger partial charge in [-0.3, -0.25) is 4.79 Å². The number of aromatic hydroxyl groups is 1. The second kappa shape index (κ2) is 5.44. The van der Waals surface area contributed by atoms with E-state index in [-0.39, 0.29) is 23.4 Å². The Kier molecular flexibility index (Phi) is 3.71. The first-order chi connectivity index (χ1) is 9.08. The summed E-state index contributed by atoms with van der Waals surface area (Å²) in [7, 11) is 0. The minimum absolute atomic E-state index is 0.0833. The summed E-state index contributed by atoms with van der Waals surface area (Å²) < 4.78 is 0. The standard InChI is InChI=1S/C15H16N2O2/c1-10(11-5-3-2-4-6-11)17-15(19)12-7-8-13(16)14(18)9-12/h2-10,18H,16H2,1H3,(H,17,19). The molecule has 1 amide bonds. The lowest BCUT2D eigenvalue weighted by molar-refractivity contribution is 0.0939. The molecule has 4 nitrogen and oxygen atoms in total. The summed E-state index contributed by atoms with van der Waals surface area (Å²) in [5.74, 6) is -0.327. The number of anilines is 1. The van der Waals surface area contributed by atoms with E-state index in [1.165, 1.54) is 12.1 Å². The molecule has 2 aromatic rings. The number of hydrogen-bond acceptors (Lipinski definition) is 3. The monoisotopic (exact) mass is 256 g/mol. The smallest absolute Gasteiger partial charge is 0.251 e. The van der Waals surface area contributed by atoms with Crippen LogP contribution < -0.4 is 11.1 Å². The topological polar surface area (TPSA) is 75.4 Å². The molecule has 19 heavy (non-hydrogen) atoms. The summed E-state index contributed by atoms with van der Waals surface area (Å²) in [4.78, 5) is 12.0. The Morgan fingerprint density at radius 1 is 1.21 bits per heavy atom. The zero-order valence-corrected chi connectivity index (χ0v) is 10.6. The highest BCUT2D eigenvalue weighted by Gasteiger charge is 2.12. The fourth-order valence-electron chi connectivity index (χ4n) is 1.79. The summed E-state index contributed by atoms with van der Waals surface area (Å²) >= 11 is 0. The average Bonchev–Trinajstić information content (AvgIpc) is 2.42. The lowest BCUT2D eigenvalue weighted by Gasteiger charge is -2.14. The van der Waals surface area contributed by atoms with Crippen molar-refractivity contribution in [2.75, 3.05) is 5.73 Å². The van der Waals surface area contributed by atoms with Crippen molar-refractivity contribution < 1.29 is 9.90 Å². The number of carbonyl (C=O) groups is 1. The number of carbonyl (C=O) groups excluding carboxylic acids is 1. The van der Waals surface area contributed by atoms with Gasteiger partial charge in [0.1, 0.15) is 5.75 Å². The zero-order chi connectivity index (χ0) is 13.8. The fraction of sp³-hybridized carbons (Fsp3) is 0.133. The molecule has 0 saturated heterocycles. The highest BCUT2D eigenvalue weighted by molar-refractivity contribution is 5.95. The second-order valence-electron chi connectivity index (χ2n) is 4.38. The molecular formula is C15H16N2O2. The zero-order valence-electron chi connectivity index (χ0n) is 10.6. The number of nitrogens with two attached hydrogens (primary N) is 1. The van der Waals surface area contributed by atoms with Gasteiger partial charge in [-0.15, -0.1) is 0 Å². The maximum Gasteiger partial charge on any atom is 0.251 e. The Labute approximate surface area is 111 Å². The molecule has 4 N–H and O–H groups in total. The van der Waals surface area contributed by atoms with Gasteiger partial charge in [-0.2, -0.15) is 0 Å². The molecular weight excluding hydrogens is 240 g/mol. The number of rotatable bonds is 3. The molecule has 4 heteroatoms. The quantitative estimate of drug-likeness (QED) is 0.583. The Morgan fingerprint density at radius 3 is 2.53 bits per heavy atom. The second-order valence-corrected chi connectivity index (χ2v) is 4.38. The van der Waals surface area contributed by atoms with Crippen LogP contribution in [0.1, 0.15) is 28.9 Å². The van der Waals surface area contributed by atoms with Crippen LogP contribution in [0, 0.1) is 0 Å². The van der Waals surface area contributed by atoms with E-state index in [9.17, 15) is 9.90 Å². The van der Waals surface area contributed by atoms with Gasteiger partial charge in [0.05, 0.1) is 11.7 Å². The van der Waals surface area contributed by atoms with E-state index in [1.807, 2.05) is 37.3 Å². The maximum absolute atomic E-state index is 12.0. The molecule has 0 aliphatic rings. The van der Waals surface area contributed by atoms with Gasteiger partial charge in [0, 0.05) is 5.56 Å². The molecule has 0 aliphatic heterocycles.